The maximum Gasteiger partial charge on any atom is 1.00 e. The zero-order valence-electron chi connectivity index (χ0n) is 2.34. The Balaban J connectivity index is 0. The molecule has 0 atom stereocenters. The van der Waals surface area contributed by atoms with Crippen molar-refractivity contribution in [1.82, 2.24) is 0 Å². The van der Waals surface area contributed by atoms with Gasteiger partial charge in [-0.2, -0.15) is 0 Å². The second-order valence-corrected chi connectivity index (χ2v) is 1.22. The van der Waals surface area contributed by atoms with Gasteiger partial charge in [0, 0.05) is 10.4 Å². The summed E-state index contributed by atoms with van der Waals surface area (Å²) < 4.78 is 34.1. The van der Waals surface area contributed by atoms with Gasteiger partial charge in [-0.1, -0.05) is 0 Å². The van der Waals surface area contributed by atoms with Gasteiger partial charge in [0.15, 0.2) is 0 Å². The van der Waals surface area contributed by atoms with Gasteiger partial charge in [-0.15, -0.1) is 0 Å². The molecule has 0 bridgehead atoms. The Bertz CT molecular complexity index is 90.7. The van der Waals surface area contributed by atoms with Crippen molar-refractivity contribution in [3.63, 3.8) is 0 Å². The first kappa shape index (κ1) is 9.63. The molecule has 0 heterocycles. The fourth-order valence-electron chi connectivity index (χ4n) is 0. The molecule has 6 heteroatoms. The molecular weight excluding hydrogens is 160 g/mol. The van der Waals surface area contributed by atoms with E-state index in [0.717, 1.165) is 0 Å². The van der Waals surface area contributed by atoms with Crippen LogP contribution in [0.1, 0.15) is 0 Å². The summed E-state index contributed by atoms with van der Waals surface area (Å²) in [5, 5.41) is 0. The first-order valence-corrected chi connectivity index (χ1v) is 2.00. The van der Waals surface area contributed by atoms with E-state index in [-0.39, 0.29) is 17.1 Å². The van der Waals surface area contributed by atoms with Gasteiger partial charge in [0.2, 0.25) is 0 Å². The van der Waals surface area contributed by atoms with Crippen molar-refractivity contribution in [2.75, 3.05) is 0 Å². The van der Waals surface area contributed by atoms with Crippen LogP contribution in [0.3, 0.4) is 0 Å². The number of hydrogen-bond donors (Lipinski definition) is 0. The van der Waals surface area contributed by atoms with Crippen LogP contribution in [0.2, 0.25) is 0 Å². The third-order valence-electron chi connectivity index (χ3n) is 0. The molecule has 0 aliphatic heterocycles. The molecule has 0 unspecified atom stereocenters. The van der Waals surface area contributed by atoms with Crippen LogP contribution >= 0.6 is 0 Å². The molecule has 6 heavy (non-hydrogen) atoms. The fourth-order valence-corrected chi connectivity index (χ4v) is 0. The zero-order chi connectivity index (χ0) is 4.50. The van der Waals surface area contributed by atoms with E-state index < -0.39 is 10.4 Å². The fraction of sp³-hybridized carbons (Fsp3) is 0. The molecule has 0 aliphatic rings. The molecule has 0 saturated carbocycles. The molecule has 0 fully saturated rings. The Morgan fingerprint density at radius 2 is 1.17 bits per heavy atom. The predicted molar refractivity (Wildman–Crippen MR) is 10.5 cm³/mol. The van der Waals surface area contributed by atoms with Crippen molar-refractivity contribution in [3.8, 4) is 0 Å². The summed E-state index contributed by atoms with van der Waals surface area (Å²) in [4.78, 5) is 0. The Morgan fingerprint density at radius 3 is 1.17 bits per heavy atom. The van der Waals surface area contributed by atoms with Crippen molar-refractivity contribution in [1.29, 1.82) is 0 Å². The second-order valence-electron chi connectivity index (χ2n) is 0.408. The van der Waals surface area contributed by atoms with Crippen LogP contribution in [0.4, 0.5) is 0 Å². The van der Waals surface area contributed by atoms with E-state index in [0.29, 0.717) is 0 Å². The summed E-state index contributed by atoms with van der Waals surface area (Å²) in [5.74, 6) is 0. The summed E-state index contributed by atoms with van der Waals surface area (Å²) >= 11 is 0. The Morgan fingerprint density at radius 1 is 1.17 bits per heavy atom. The van der Waals surface area contributed by atoms with Crippen LogP contribution in [0.15, 0.2) is 0 Å². The van der Waals surface area contributed by atoms with Gasteiger partial charge in [-0.25, -0.2) is 0 Å². The van der Waals surface area contributed by atoms with Crippen molar-refractivity contribution in [3.05, 3.63) is 0 Å². The summed E-state index contributed by atoms with van der Waals surface area (Å²) in [6, 6.07) is 0. The average molecular weight is 160 g/mol. The van der Waals surface area contributed by atoms with Gasteiger partial charge >= 0.3 is 17.1 Å². The third kappa shape index (κ3) is 332. The summed E-state index contributed by atoms with van der Waals surface area (Å²) in [5.41, 5.74) is 0. The predicted octanol–water partition coefficient (Wildman–Crippen LogP) is -1.34. The quantitative estimate of drug-likeness (QED) is 0.249. The minimum Gasteiger partial charge on any atom is -0.759 e. The second kappa shape index (κ2) is 2.54. The first-order valence-electron chi connectivity index (χ1n) is 0.667. The molecular formula is CuO4S-. The van der Waals surface area contributed by atoms with Crippen LogP contribution < -0.4 is 0 Å². The number of rotatable bonds is 0. The van der Waals surface area contributed by atoms with Gasteiger partial charge < -0.3 is 9.11 Å². The normalized spacial score (nSPS) is 9.67. The monoisotopic (exact) mass is 159 g/mol. The average Bonchev–Trinajstić information content (AvgIpc) is 0.722. The van der Waals surface area contributed by atoms with Gasteiger partial charge in [0.25, 0.3) is 0 Å². The summed E-state index contributed by atoms with van der Waals surface area (Å²) in [7, 11) is -5.17. The van der Waals surface area contributed by atoms with E-state index in [9.17, 15) is 0 Å². The molecule has 0 aromatic carbocycles. The van der Waals surface area contributed by atoms with Crippen LogP contribution in [-0.4, -0.2) is 17.5 Å². The van der Waals surface area contributed by atoms with Gasteiger partial charge in [0.05, 0.1) is 0 Å². The van der Waals surface area contributed by atoms with E-state index in [4.69, 9.17) is 17.5 Å². The maximum absolute atomic E-state index is 8.52. The Hall–Kier alpha value is 0.389. The van der Waals surface area contributed by atoms with Gasteiger partial charge in [-0.05, 0) is 0 Å². The molecule has 0 rings (SSSR count). The topological polar surface area (TPSA) is 80.3 Å². The number of hydrogen-bond acceptors (Lipinski definition) is 4. The zero-order valence-corrected chi connectivity index (χ0v) is 4.10. The molecule has 4 nitrogen and oxygen atoms in total. The SMILES string of the molecule is O=S(=O)([O-])[O-].[Cu+]. The van der Waals surface area contributed by atoms with E-state index in [1.807, 2.05) is 0 Å². The van der Waals surface area contributed by atoms with E-state index >= 15 is 0 Å². The van der Waals surface area contributed by atoms with Crippen molar-refractivity contribution >= 4 is 10.4 Å². The van der Waals surface area contributed by atoms with Crippen LogP contribution in [0.5, 0.6) is 0 Å². The van der Waals surface area contributed by atoms with Crippen molar-refractivity contribution < 1.29 is 34.6 Å². The molecule has 0 aromatic rings. The molecule has 42 valence electrons. The minimum atomic E-state index is -5.17. The molecule has 0 N–H and O–H groups in total. The minimum absolute atomic E-state index is 0. The molecule has 0 saturated heterocycles. The smallest absolute Gasteiger partial charge is 0.759 e. The molecule has 0 aliphatic carbocycles. The molecule has 0 amide bonds. The first-order chi connectivity index (χ1) is 2.00. The largest absolute Gasteiger partial charge is 1.00 e. The maximum atomic E-state index is 8.52. The van der Waals surface area contributed by atoms with Crippen LogP contribution in [0, 0.1) is 0 Å². The van der Waals surface area contributed by atoms with Crippen LogP contribution in [0.25, 0.3) is 0 Å². The van der Waals surface area contributed by atoms with Crippen molar-refractivity contribution in [2.24, 2.45) is 0 Å². The summed E-state index contributed by atoms with van der Waals surface area (Å²) in [6.45, 7) is 0. The van der Waals surface area contributed by atoms with Crippen LogP contribution in [-0.2, 0) is 27.5 Å². The van der Waals surface area contributed by atoms with Gasteiger partial charge in [-0.3, -0.25) is 8.42 Å². The van der Waals surface area contributed by atoms with Gasteiger partial charge in [0.1, 0.15) is 0 Å². The van der Waals surface area contributed by atoms with E-state index in [2.05, 4.69) is 0 Å². The molecule has 0 aromatic heterocycles. The standard InChI is InChI=1S/Cu.H2O4S/c;1-5(2,3)4/h;(H2,1,2,3,4)/q+1;/p-2. The van der Waals surface area contributed by atoms with E-state index in [1.54, 1.807) is 0 Å². The molecule has 0 spiro atoms. The molecule has 0 radical (unpaired) electrons. The Labute approximate surface area is 45.6 Å². The van der Waals surface area contributed by atoms with Crippen molar-refractivity contribution in [2.45, 2.75) is 0 Å². The summed E-state index contributed by atoms with van der Waals surface area (Å²) in [6.07, 6.45) is 0. The Kier molecular flexibility index (Phi) is 4.08. The third-order valence-corrected chi connectivity index (χ3v) is 0. The van der Waals surface area contributed by atoms with E-state index in [1.165, 1.54) is 0 Å².